The molecule has 0 aromatic heterocycles. The normalized spacial score (nSPS) is 10.7. The van der Waals surface area contributed by atoms with Gasteiger partial charge in [-0.15, -0.1) is 0 Å². The van der Waals surface area contributed by atoms with E-state index in [4.69, 9.17) is 61.3 Å². The number of hydrogen-bond donors (Lipinski definition) is 12. The van der Waals surface area contributed by atoms with Gasteiger partial charge in [-0.1, -0.05) is 290 Å². The second-order valence-corrected chi connectivity index (χ2v) is 21.3. The molecule has 474 valence electrons. The topological polar surface area (TPSA) is 294 Å². The summed E-state index contributed by atoms with van der Waals surface area (Å²) >= 11 is 0. The van der Waals surface area contributed by atoms with Gasteiger partial charge < -0.3 is 61.3 Å². The summed E-state index contributed by atoms with van der Waals surface area (Å²) in [6.07, 6.45) is 57.7. The van der Waals surface area contributed by atoms with E-state index >= 15 is 0 Å². The Bertz CT molecular complexity index is 930. The predicted molar refractivity (Wildman–Crippen MR) is 322 cm³/mol. The van der Waals surface area contributed by atoms with Crippen LogP contribution in [0.1, 0.15) is 329 Å². The highest BCUT2D eigenvalue weighted by Crippen LogP contribution is 2.17. The average molecular weight is 1130 g/mol. The van der Waals surface area contributed by atoms with E-state index in [1.165, 1.54) is 250 Å². The van der Waals surface area contributed by atoms with E-state index in [0.29, 0.717) is 19.3 Å². The zero-order valence-electron chi connectivity index (χ0n) is 51.0. The molecule has 0 aromatic carbocycles. The summed E-state index contributed by atoms with van der Waals surface area (Å²) in [5.41, 5.74) is 0. The Morgan fingerprint density at radius 2 is 0.321 bits per heavy atom. The van der Waals surface area contributed by atoms with Gasteiger partial charge in [0, 0.05) is 19.3 Å². The number of unbranched alkanes of at least 4 members (excludes halogenated alkanes) is 42. The minimum atomic E-state index is -0.954. The van der Waals surface area contributed by atoms with Gasteiger partial charge in [-0.3, -0.25) is 14.4 Å². The average Bonchev–Trinajstić information content (AvgIpc) is 3.43. The van der Waals surface area contributed by atoms with Crippen LogP contribution in [0, 0.1) is 0 Å². The maximum Gasteiger partial charge on any atom is 0.303 e. The zero-order chi connectivity index (χ0) is 59.6. The highest BCUT2D eigenvalue weighted by molar-refractivity contribution is 5.67. The van der Waals surface area contributed by atoms with Crippen molar-refractivity contribution >= 4 is 17.9 Å². The van der Waals surface area contributed by atoms with Crippen molar-refractivity contribution in [3.8, 4) is 0 Å². The van der Waals surface area contributed by atoms with Gasteiger partial charge in [-0.05, 0) is 19.3 Å². The van der Waals surface area contributed by atoms with Crippen molar-refractivity contribution in [2.45, 2.75) is 347 Å². The largest absolute Gasteiger partial charge is 0.481 e. The Morgan fingerprint density at radius 1 is 0.218 bits per heavy atom. The van der Waals surface area contributed by atoms with Crippen LogP contribution in [0.5, 0.6) is 0 Å². The summed E-state index contributed by atoms with van der Waals surface area (Å²) in [6, 6.07) is 0. The molecule has 12 N–H and O–H groups in total. The molecule has 0 aliphatic carbocycles. The lowest BCUT2D eigenvalue weighted by atomic mass is 10.0. The standard InChI is InChI=1S/3C18H36O2.3C3H8O3/c3*1-2-3-4-5-6-7-8-9-10-11-12-13-14-15-16-17-18(19)20;3*4-1-3(6)2-5/h3*2-17H2,1H3,(H,19,20);3*3-6H,1-2H2. The smallest absolute Gasteiger partial charge is 0.303 e. The molecule has 0 amide bonds. The third-order valence-corrected chi connectivity index (χ3v) is 13.2. The van der Waals surface area contributed by atoms with Gasteiger partial charge in [0.15, 0.2) is 0 Å². The highest BCUT2D eigenvalue weighted by Gasteiger charge is 2.01. The van der Waals surface area contributed by atoms with Crippen molar-refractivity contribution in [2.24, 2.45) is 0 Å². The molecule has 15 heteroatoms. The number of aliphatic hydroxyl groups excluding tert-OH is 9. The molecular formula is C63H132O15. The minimum absolute atomic E-state index is 0.345. The van der Waals surface area contributed by atoms with E-state index < -0.39 is 36.2 Å². The molecule has 0 bridgehead atoms. The van der Waals surface area contributed by atoms with E-state index in [-0.39, 0.29) is 39.6 Å². The second kappa shape index (κ2) is 83.9. The number of aliphatic carboxylic acids is 3. The first-order valence-electron chi connectivity index (χ1n) is 32.1. The van der Waals surface area contributed by atoms with Gasteiger partial charge in [0.25, 0.3) is 0 Å². The van der Waals surface area contributed by atoms with Crippen molar-refractivity contribution in [1.29, 1.82) is 0 Å². The predicted octanol–water partition coefficient (Wildman–Crippen LogP) is 14.0. The van der Waals surface area contributed by atoms with Crippen LogP contribution < -0.4 is 0 Å². The van der Waals surface area contributed by atoms with Gasteiger partial charge in [0.05, 0.1) is 39.6 Å². The summed E-state index contributed by atoms with van der Waals surface area (Å²) in [6.45, 7) is 4.62. The molecule has 0 heterocycles. The molecule has 0 unspecified atom stereocenters. The van der Waals surface area contributed by atoms with Gasteiger partial charge in [-0.25, -0.2) is 0 Å². The van der Waals surface area contributed by atoms with Gasteiger partial charge in [0.1, 0.15) is 18.3 Å². The van der Waals surface area contributed by atoms with Crippen LogP contribution in [0.2, 0.25) is 0 Å². The summed E-state index contributed by atoms with van der Waals surface area (Å²) in [7, 11) is 0. The summed E-state index contributed by atoms with van der Waals surface area (Å²) in [5.74, 6) is -1.96. The van der Waals surface area contributed by atoms with Crippen LogP contribution in [-0.2, 0) is 14.4 Å². The van der Waals surface area contributed by atoms with Crippen molar-refractivity contribution < 1.29 is 75.7 Å². The summed E-state index contributed by atoms with van der Waals surface area (Å²) in [4.78, 5) is 31.0. The molecule has 0 saturated heterocycles. The van der Waals surface area contributed by atoms with E-state index in [0.717, 1.165) is 38.5 Å². The molecule has 0 aliphatic rings. The lowest BCUT2D eigenvalue weighted by Crippen LogP contribution is -2.15. The molecule has 0 aliphatic heterocycles. The van der Waals surface area contributed by atoms with Gasteiger partial charge in [-0.2, -0.15) is 0 Å². The van der Waals surface area contributed by atoms with E-state index in [2.05, 4.69) is 20.8 Å². The number of carbonyl (C=O) groups is 3. The lowest BCUT2D eigenvalue weighted by molar-refractivity contribution is -0.138. The first kappa shape index (κ1) is 87.3. The molecule has 15 nitrogen and oxygen atoms in total. The van der Waals surface area contributed by atoms with Crippen LogP contribution in [0.4, 0.5) is 0 Å². The van der Waals surface area contributed by atoms with E-state index in [9.17, 15) is 14.4 Å². The molecule has 78 heavy (non-hydrogen) atoms. The number of hydrogen-bond acceptors (Lipinski definition) is 12. The number of aliphatic hydroxyl groups is 9. The molecule has 0 saturated carbocycles. The lowest BCUT2D eigenvalue weighted by Gasteiger charge is -2.03. The number of rotatable bonds is 54. The molecular weight excluding hydrogens is 997 g/mol. The maximum absolute atomic E-state index is 10.3. The quantitative estimate of drug-likeness (QED) is 0.0252. The SMILES string of the molecule is CCCCCCCCCCCCCCCCCC(=O)O.CCCCCCCCCCCCCCCCCC(=O)O.CCCCCCCCCCCCCCCCCC(=O)O.OCC(O)CO.OCC(O)CO.OCC(O)CO. The van der Waals surface area contributed by atoms with Crippen LogP contribution >= 0.6 is 0 Å². The van der Waals surface area contributed by atoms with Crippen molar-refractivity contribution in [1.82, 2.24) is 0 Å². The minimum Gasteiger partial charge on any atom is -0.481 e. The molecule has 0 radical (unpaired) electrons. The van der Waals surface area contributed by atoms with Crippen molar-refractivity contribution in [2.75, 3.05) is 39.6 Å². The molecule has 0 spiro atoms. The first-order valence-corrected chi connectivity index (χ1v) is 32.1. The molecule has 0 rings (SSSR count). The zero-order valence-corrected chi connectivity index (χ0v) is 51.0. The fourth-order valence-corrected chi connectivity index (χ4v) is 8.12. The Morgan fingerprint density at radius 3 is 0.397 bits per heavy atom. The third-order valence-electron chi connectivity index (χ3n) is 13.2. The van der Waals surface area contributed by atoms with Gasteiger partial charge in [0.2, 0.25) is 0 Å². The Hall–Kier alpha value is -1.95. The monoisotopic (exact) mass is 1130 g/mol. The Kier molecular flexibility index (Phi) is 93.9. The maximum atomic E-state index is 10.3. The van der Waals surface area contributed by atoms with Crippen LogP contribution in [0.15, 0.2) is 0 Å². The summed E-state index contributed by atoms with van der Waals surface area (Å²) in [5, 5.41) is 97.6. The molecule has 0 fully saturated rings. The van der Waals surface area contributed by atoms with Crippen molar-refractivity contribution in [3.63, 3.8) is 0 Å². The first-order chi connectivity index (χ1) is 37.7. The Labute approximate surface area is 478 Å². The van der Waals surface area contributed by atoms with Crippen LogP contribution in [-0.4, -0.2) is 137 Å². The van der Waals surface area contributed by atoms with Crippen LogP contribution in [0.3, 0.4) is 0 Å². The highest BCUT2D eigenvalue weighted by atomic mass is 16.4. The third kappa shape index (κ3) is 106. The fraction of sp³-hybridized carbons (Fsp3) is 0.952. The fourth-order valence-electron chi connectivity index (χ4n) is 8.12. The summed E-state index contributed by atoms with van der Waals surface area (Å²) < 4.78 is 0. The van der Waals surface area contributed by atoms with Crippen molar-refractivity contribution in [3.05, 3.63) is 0 Å². The molecule has 0 aromatic rings. The van der Waals surface area contributed by atoms with E-state index in [1.54, 1.807) is 0 Å². The van der Waals surface area contributed by atoms with Crippen LogP contribution in [0.25, 0.3) is 0 Å². The number of carboxylic acids is 3. The second-order valence-electron chi connectivity index (χ2n) is 21.3. The number of carboxylic acid groups (broad SMARTS) is 3. The Balaban J connectivity index is -0.000000214. The van der Waals surface area contributed by atoms with E-state index in [1.807, 2.05) is 0 Å². The van der Waals surface area contributed by atoms with Gasteiger partial charge >= 0.3 is 17.9 Å². The molecule has 0 atom stereocenters.